The Morgan fingerprint density at radius 2 is 1.72 bits per heavy atom. The van der Waals surface area contributed by atoms with Gasteiger partial charge in [-0.15, -0.1) is 0 Å². The number of fused-ring (bicyclic) bond motifs is 1. The lowest BCUT2D eigenvalue weighted by atomic mass is 10.0. The Kier molecular flexibility index (Phi) is 2.79. The summed E-state index contributed by atoms with van der Waals surface area (Å²) in [5, 5.41) is 4.39. The highest BCUT2D eigenvalue weighted by molar-refractivity contribution is 6.30. The molecule has 0 aliphatic carbocycles. The molecular weight excluding hydrogens is 242 g/mol. The number of rotatable bonds is 1. The van der Waals surface area contributed by atoms with Gasteiger partial charge in [0.05, 0.1) is 6.04 Å². The van der Waals surface area contributed by atoms with Crippen LogP contribution in [0.1, 0.15) is 28.3 Å². The van der Waals surface area contributed by atoms with Crippen molar-refractivity contribution in [2.75, 3.05) is 5.32 Å². The summed E-state index contributed by atoms with van der Waals surface area (Å²) >= 11 is 5.93. The molecule has 0 amide bonds. The van der Waals surface area contributed by atoms with Gasteiger partial charge in [0.25, 0.3) is 0 Å². The molecule has 1 heterocycles. The molecule has 0 radical (unpaired) electrons. The summed E-state index contributed by atoms with van der Waals surface area (Å²) in [6.07, 6.45) is 1.05. The lowest BCUT2D eigenvalue weighted by Gasteiger charge is -2.11. The number of aryl methyl sites for hydroxylation is 2. The lowest BCUT2D eigenvalue weighted by Crippen LogP contribution is -2.05. The number of benzene rings is 2. The largest absolute Gasteiger partial charge is 0.378 e. The van der Waals surface area contributed by atoms with E-state index in [9.17, 15) is 0 Å². The Morgan fingerprint density at radius 1 is 1.06 bits per heavy atom. The van der Waals surface area contributed by atoms with E-state index in [4.69, 9.17) is 11.6 Å². The third-order valence-electron chi connectivity index (χ3n) is 3.75. The molecule has 0 aromatic heterocycles. The monoisotopic (exact) mass is 257 g/mol. The molecule has 1 atom stereocenters. The van der Waals surface area contributed by atoms with Crippen LogP contribution >= 0.6 is 11.6 Å². The smallest absolute Gasteiger partial charge is 0.0555 e. The molecule has 0 saturated heterocycles. The van der Waals surface area contributed by atoms with Gasteiger partial charge < -0.3 is 5.32 Å². The minimum absolute atomic E-state index is 0.374. The van der Waals surface area contributed by atoms with Crippen LogP contribution < -0.4 is 5.32 Å². The average Bonchev–Trinajstić information content (AvgIpc) is 2.73. The number of halogens is 1. The topological polar surface area (TPSA) is 12.0 Å². The van der Waals surface area contributed by atoms with Crippen molar-refractivity contribution in [1.29, 1.82) is 0 Å². The van der Waals surface area contributed by atoms with Gasteiger partial charge in [-0.2, -0.15) is 0 Å². The zero-order chi connectivity index (χ0) is 12.7. The second-order valence-electron chi connectivity index (χ2n) is 5.05. The third-order valence-corrected chi connectivity index (χ3v) is 4.00. The predicted octanol–water partition coefficient (Wildman–Crippen LogP) is 4.67. The van der Waals surface area contributed by atoms with Crippen LogP contribution in [0.2, 0.25) is 5.02 Å². The van der Waals surface area contributed by atoms with Gasteiger partial charge in [0, 0.05) is 10.7 Å². The molecule has 1 N–H and O–H groups in total. The van der Waals surface area contributed by atoms with Gasteiger partial charge in [-0.1, -0.05) is 29.8 Å². The predicted molar refractivity (Wildman–Crippen MR) is 77.4 cm³/mol. The fourth-order valence-corrected chi connectivity index (χ4v) is 2.66. The molecule has 0 spiro atoms. The minimum Gasteiger partial charge on any atom is -0.378 e. The van der Waals surface area contributed by atoms with Crippen LogP contribution in [0.25, 0.3) is 0 Å². The van der Waals surface area contributed by atoms with Crippen LogP contribution in [-0.4, -0.2) is 0 Å². The maximum atomic E-state index is 5.93. The zero-order valence-corrected chi connectivity index (χ0v) is 11.4. The van der Waals surface area contributed by atoms with Crippen molar-refractivity contribution in [3.8, 4) is 0 Å². The number of hydrogen-bond donors (Lipinski definition) is 1. The van der Waals surface area contributed by atoms with E-state index in [1.165, 1.54) is 27.9 Å². The normalized spacial score (nSPS) is 17.4. The molecule has 2 aromatic carbocycles. The van der Waals surface area contributed by atoms with Crippen molar-refractivity contribution >= 4 is 17.3 Å². The number of hydrogen-bond acceptors (Lipinski definition) is 1. The summed E-state index contributed by atoms with van der Waals surface area (Å²) in [6, 6.07) is 13.0. The summed E-state index contributed by atoms with van der Waals surface area (Å²) in [5.41, 5.74) is 6.70. The Hall–Kier alpha value is -1.47. The first kappa shape index (κ1) is 11.6. The van der Waals surface area contributed by atoms with E-state index in [0.29, 0.717) is 6.04 Å². The Bertz CT molecular complexity index is 556. The number of anilines is 1. The van der Waals surface area contributed by atoms with Crippen molar-refractivity contribution < 1.29 is 0 Å². The van der Waals surface area contributed by atoms with Gasteiger partial charge in [-0.25, -0.2) is 0 Å². The van der Waals surface area contributed by atoms with E-state index in [1.54, 1.807) is 0 Å². The van der Waals surface area contributed by atoms with Gasteiger partial charge in [0.1, 0.15) is 0 Å². The van der Waals surface area contributed by atoms with Crippen molar-refractivity contribution in [1.82, 2.24) is 0 Å². The van der Waals surface area contributed by atoms with E-state index < -0.39 is 0 Å². The SMILES string of the molecule is Cc1cc2c(cc1C)NC(c1ccc(Cl)cc1)C2. The molecule has 18 heavy (non-hydrogen) atoms. The second kappa shape index (κ2) is 4.33. The first-order valence-electron chi connectivity index (χ1n) is 6.25. The Morgan fingerprint density at radius 3 is 2.44 bits per heavy atom. The van der Waals surface area contributed by atoms with Crippen LogP contribution in [0.5, 0.6) is 0 Å². The molecular formula is C16H16ClN. The summed E-state index contributed by atoms with van der Waals surface area (Å²) in [5.74, 6) is 0. The molecule has 1 nitrogen and oxygen atoms in total. The van der Waals surface area contributed by atoms with Crippen LogP contribution in [0.3, 0.4) is 0 Å². The average molecular weight is 258 g/mol. The van der Waals surface area contributed by atoms with E-state index in [2.05, 4.69) is 43.4 Å². The van der Waals surface area contributed by atoms with Crippen molar-refractivity contribution in [2.24, 2.45) is 0 Å². The molecule has 92 valence electrons. The van der Waals surface area contributed by atoms with Gasteiger partial charge in [0.15, 0.2) is 0 Å². The molecule has 3 rings (SSSR count). The highest BCUT2D eigenvalue weighted by atomic mass is 35.5. The van der Waals surface area contributed by atoms with Crippen LogP contribution in [0, 0.1) is 13.8 Å². The van der Waals surface area contributed by atoms with E-state index in [1.807, 2.05) is 12.1 Å². The fourth-order valence-electron chi connectivity index (χ4n) is 2.53. The fraction of sp³-hybridized carbons (Fsp3) is 0.250. The second-order valence-corrected chi connectivity index (χ2v) is 5.48. The molecule has 0 saturated carbocycles. The van der Waals surface area contributed by atoms with E-state index >= 15 is 0 Å². The molecule has 1 aliphatic heterocycles. The maximum absolute atomic E-state index is 5.93. The molecule has 1 unspecified atom stereocenters. The van der Waals surface area contributed by atoms with Gasteiger partial charge >= 0.3 is 0 Å². The Labute approximate surface area is 113 Å². The van der Waals surface area contributed by atoms with Crippen molar-refractivity contribution in [3.63, 3.8) is 0 Å². The number of nitrogens with one attached hydrogen (secondary N) is 1. The summed E-state index contributed by atoms with van der Waals surface area (Å²) in [6.45, 7) is 4.33. The molecule has 0 bridgehead atoms. The summed E-state index contributed by atoms with van der Waals surface area (Å²) < 4.78 is 0. The maximum Gasteiger partial charge on any atom is 0.0555 e. The zero-order valence-electron chi connectivity index (χ0n) is 10.6. The standard InChI is InChI=1S/C16H16ClN/c1-10-7-13-9-16(18-15(13)8-11(10)2)12-3-5-14(17)6-4-12/h3-8,16,18H,9H2,1-2H3. The molecule has 1 aliphatic rings. The van der Waals surface area contributed by atoms with E-state index in [0.717, 1.165) is 11.4 Å². The highest BCUT2D eigenvalue weighted by Gasteiger charge is 2.22. The highest BCUT2D eigenvalue weighted by Crippen LogP contribution is 2.35. The summed E-state index contributed by atoms with van der Waals surface area (Å²) in [7, 11) is 0. The molecule has 2 heteroatoms. The molecule has 0 fully saturated rings. The van der Waals surface area contributed by atoms with Crippen LogP contribution in [0.15, 0.2) is 36.4 Å². The lowest BCUT2D eigenvalue weighted by molar-refractivity contribution is 0.824. The quantitative estimate of drug-likeness (QED) is 0.783. The third kappa shape index (κ3) is 1.99. The summed E-state index contributed by atoms with van der Waals surface area (Å²) in [4.78, 5) is 0. The van der Waals surface area contributed by atoms with Crippen LogP contribution in [-0.2, 0) is 6.42 Å². The molecule has 2 aromatic rings. The van der Waals surface area contributed by atoms with E-state index in [-0.39, 0.29) is 0 Å². The van der Waals surface area contributed by atoms with Gasteiger partial charge in [0.2, 0.25) is 0 Å². The van der Waals surface area contributed by atoms with Crippen molar-refractivity contribution in [2.45, 2.75) is 26.3 Å². The van der Waals surface area contributed by atoms with Gasteiger partial charge in [-0.05, 0) is 60.7 Å². The van der Waals surface area contributed by atoms with Crippen molar-refractivity contribution in [3.05, 3.63) is 63.7 Å². The minimum atomic E-state index is 0.374. The first-order chi connectivity index (χ1) is 8.63. The van der Waals surface area contributed by atoms with Gasteiger partial charge in [-0.3, -0.25) is 0 Å². The Balaban J connectivity index is 1.91. The first-order valence-corrected chi connectivity index (χ1v) is 6.63. The van der Waals surface area contributed by atoms with Crippen LogP contribution in [0.4, 0.5) is 5.69 Å².